The molecule has 3 aromatic carbocycles. The molecule has 0 saturated heterocycles. The molecule has 35 heavy (non-hydrogen) atoms. The Hall–Kier alpha value is -3.01. The molecule has 4 nitrogen and oxygen atoms in total. The number of methoxy groups -OCH3 is 2. The van der Waals surface area contributed by atoms with Crippen LogP contribution in [0.5, 0.6) is 5.75 Å². The van der Waals surface area contributed by atoms with Crippen molar-refractivity contribution in [1.82, 2.24) is 0 Å². The normalized spacial score (nSPS) is 12.9. The Bertz CT molecular complexity index is 1140. The number of carbonyl (C=O) groups is 1. The fourth-order valence-electron chi connectivity index (χ4n) is 5.43. The molecule has 0 aromatic heterocycles. The van der Waals surface area contributed by atoms with Gasteiger partial charge in [-0.15, -0.1) is 0 Å². The first-order valence-electron chi connectivity index (χ1n) is 13.2. The van der Waals surface area contributed by atoms with Gasteiger partial charge in [-0.3, -0.25) is 0 Å². The monoisotopic (exact) mass is 473 g/mol. The first-order chi connectivity index (χ1) is 17.2. The smallest absolute Gasteiger partial charge is 0.341 e. The summed E-state index contributed by atoms with van der Waals surface area (Å²) in [6, 6.07) is 17.0. The Morgan fingerprint density at radius 3 is 2.49 bits per heavy atom. The molecule has 0 amide bonds. The molecule has 0 unspecified atom stereocenters. The largest absolute Gasteiger partial charge is 0.496 e. The van der Waals surface area contributed by atoms with E-state index in [0.29, 0.717) is 11.3 Å². The van der Waals surface area contributed by atoms with Crippen molar-refractivity contribution in [3.8, 4) is 5.75 Å². The van der Waals surface area contributed by atoms with Gasteiger partial charge in [-0.05, 0) is 73.1 Å². The molecule has 4 heteroatoms. The van der Waals surface area contributed by atoms with E-state index in [1.807, 2.05) is 18.2 Å². The number of ether oxygens (including phenoxy) is 2. The lowest BCUT2D eigenvalue weighted by Crippen LogP contribution is -2.10. The highest BCUT2D eigenvalue weighted by Gasteiger charge is 2.18. The number of esters is 1. The second kappa shape index (κ2) is 12.6. The number of nitrogens with one attached hydrogen (secondary N) is 1. The molecule has 0 bridgehead atoms. The molecule has 0 saturated carbocycles. The van der Waals surface area contributed by atoms with Crippen molar-refractivity contribution in [2.75, 3.05) is 26.1 Å². The zero-order valence-corrected chi connectivity index (χ0v) is 21.3. The topological polar surface area (TPSA) is 47.6 Å². The molecule has 0 atom stereocenters. The third-order valence-electron chi connectivity index (χ3n) is 7.27. The molecule has 3 aromatic rings. The van der Waals surface area contributed by atoms with Crippen LogP contribution in [0.3, 0.4) is 0 Å². The lowest BCUT2D eigenvalue weighted by Gasteiger charge is -2.22. The van der Waals surface area contributed by atoms with Crippen molar-refractivity contribution >= 4 is 22.4 Å². The number of anilines is 1. The third-order valence-corrected chi connectivity index (χ3v) is 7.27. The van der Waals surface area contributed by atoms with Crippen molar-refractivity contribution in [3.63, 3.8) is 0 Å². The van der Waals surface area contributed by atoms with Gasteiger partial charge in [0.2, 0.25) is 0 Å². The molecule has 0 radical (unpaired) electrons. The SMILES string of the molecule is COC(=O)c1c(CCCCCCCCNc2c3c(cc4ccccc24)CCCC3)cccc1OC. The molecule has 0 spiro atoms. The molecule has 1 aliphatic rings. The number of rotatable bonds is 12. The summed E-state index contributed by atoms with van der Waals surface area (Å²) in [6.07, 6.45) is 13.0. The average Bonchev–Trinajstić information content (AvgIpc) is 2.90. The van der Waals surface area contributed by atoms with Crippen molar-refractivity contribution in [3.05, 3.63) is 70.8 Å². The van der Waals surface area contributed by atoms with Gasteiger partial charge in [-0.25, -0.2) is 4.79 Å². The van der Waals surface area contributed by atoms with Gasteiger partial charge in [0, 0.05) is 17.6 Å². The first kappa shape index (κ1) is 25.1. The number of aryl methyl sites for hydroxylation is 2. The fraction of sp³-hybridized carbons (Fsp3) is 0.452. The van der Waals surface area contributed by atoms with E-state index >= 15 is 0 Å². The van der Waals surface area contributed by atoms with Crippen molar-refractivity contribution in [2.24, 2.45) is 0 Å². The minimum Gasteiger partial charge on any atom is -0.496 e. The second-order valence-corrected chi connectivity index (χ2v) is 9.60. The maximum atomic E-state index is 12.2. The zero-order valence-electron chi connectivity index (χ0n) is 21.3. The van der Waals surface area contributed by atoms with E-state index in [1.54, 1.807) is 18.2 Å². The van der Waals surface area contributed by atoms with Gasteiger partial charge in [0.15, 0.2) is 0 Å². The maximum Gasteiger partial charge on any atom is 0.341 e. The van der Waals surface area contributed by atoms with Crippen LogP contribution in [-0.4, -0.2) is 26.7 Å². The molecule has 0 fully saturated rings. The van der Waals surface area contributed by atoms with Crippen molar-refractivity contribution in [2.45, 2.75) is 70.6 Å². The highest BCUT2D eigenvalue weighted by Crippen LogP contribution is 2.35. The molecular weight excluding hydrogens is 434 g/mol. The number of unbranched alkanes of at least 4 members (excludes halogenated alkanes) is 5. The summed E-state index contributed by atoms with van der Waals surface area (Å²) in [4.78, 5) is 12.2. The van der Waals surface area contributed by atoms with E-state index in [1.165, 1.54) is 81.4 Å². The summed E-state index contributed by atoms with van der Waals surface area (Å²) in [6.45, 7) is 1.03. The van der Waals surface area contributed by atoms with E-state index < -0.39 is 0 Å². The van der Waals surface area contributed by atoms with E-state index in [0.717, 1.165) is 24.9 Å². The van der Waals surface area contributed by atoms with Gasteiger partial charge in [-0.2, -0.15) is 0 Å². The molecule has 1 aliphatic carbocycles. The van der Waals surface area contributed by atoms with E-state index in [2.05, 4.69) is 35.6 Å². The minimum absolute atomic E-state index is 0.322. The van der Waals surface area contributed by atoms with Gasteiger partial charge in [0.25, 0.3) is 0 Å². The number of benzene rings is 3. The molecule has 0 heterocycles. The van der Waals surface area contributed by atoms with Crippen LogP contribution in [0.2, 0.25) is 0 Å². The van der Waals surface area contributed by atoms with Crippen LogP contribution in [0.1, 0.15) is 78.4 Å². The highest BCUT2D eigenvalue weighted by atomic mass is 16.5. The maximum absolute atomic E-state index is 12.2. The average molecular weight is 474 g/mol. The lowest BCUT2D eigenvalue weighted by atomic mass is 9.87. The van der Waals surface area contributed by atoms with Gasteiger partial charge in [0.05, 0.1) is 14.2 Å². The quantitative estimate of drug-likeness (QED) is 0.218. The Balaban J connectivity index is 1.20. The Labute approximate surface area is 210 Å². The summed E-state index contributed by atoms with van der Waals surface area (Å²) in [5.41, 5.74) is 6.07. The minimum atomic E-state index is -0.322. The summed E-state index contributed by atoms with van der Waals surface area (Å²) >= 11 is 0. The Kier molecular flexibility index (Phi) is 9.05. The molecule has 4 rings (SSSR count). The molecule has 186 valence electrons. The summed E-state index contributed by atoms with van der Waals surface area (Å²) < 4.78 is 10.3. The number of fused-ring (bicyclic) bond motifs is 2. The summed E-state index contributed by atoms with van der Waals surface area (Å²) in [5, 5.41) is 6.55. The fourth-order valence-corrected chi connectivity index (χ4v) is 5.43. The van der Waals surface area contributed by atoms with Crippen LogP contribution in [-0.2, 0) is 24.0 Å². The number of carbonyl (C=O) groups excluding carboxylic acids is 1. The van der Waals surface area contributed by atoms with Crippen LogP contribution in [0, 0.1) is 0 Å². The third kappa shape index (κ3) is 6.17. The van der Waals surface area contributed by atoms with E-state index in [-0.39, 0.29) is 5.97 Å². The predicted molar refractivity (Wildman–Crippen MR) is 145 cm³/mol. The summed E-state index contributed by atoms with van der Waals surface area (Å²) in [7, 11) is 3.01. The standard InChI is InChI=1S/C31H39NO3/c1-34-28-20-13-17-23(29(28)31(33)35-2)14-7-5-3-4-6-12-21-32-30-26-18-10-8-15-24(26)22-25-16-9-11-19-27(25)30/h8,10,13,15,17-18,20,22,32H,3-7,9,11-12,14,16,19,21H2,1-2H3. The van der Waals surface area contributed by atoms with Crippen LogP contribution in [0.25, 0.3) is 10.8 Å². The first-order valence-corrected chi connectivity index (χ1v) is 13.2. The summed E-state index contributed by atoms with van der Waals surface area (Å²) in [5.74, 6) is 0.270. The highest BCUT2D eigenvalue weighted by molar-refractivity contribution is 5.96. The van der Waals surface area contributed by atoms with Crippen LogP contribution in [0.15, 0.2) is 48.5 Å². The van der Waals surface area contributed by atoms with Crippen LogP contribution >= 0.6 is 0 Å². The second-order valence-electron chi connectivity index (χ2n) is 9.60. The molecule has 0 aliphatic heterocycles. The van der Waals surface area contributed by atoms with E-state index in [4.69, 9.17) is 9.47 Å². The van der Waals surface area contributed by atoms with Crippen LogP contribution < -0.4 is 10.1 Å². The van der Waals surface area contributed by atoms with Gasteiger partial charge < -0.3 is 14.8 Å². The Morgan fingerprint density at radius 1 is 0.886 bits per heavy atom. The lowest BCUT2D eigenvalue weighted by molar-refractivity contribution is 0.0595. The van der Waals surface area contributed by atoms with Gasteiger partial charge in [0.1, 0.15) is 11.3 Å². The zero-order chi connectivity index (χ0) is 24.5. The Morgan fingerprint density at radius 2 is 1.66 bits per heavy atom. The van der Waals surface area contributed by atoms with Gasteiger partial charge in [-0.1, -0.05) is 68.1 Å². The van der Waals surface area contributed by atoms with Crippen molar-refractivity contribution in [1.29, 1.82) is 0 Å². The molecule has 1 N–H and O–H groups in total. The number of hydrogen-bond acceptors (Lipinski definition) is 4. The van der Waals surface area contributed by atoms with Gasteiger partial charge >= 0.3 is 5.97 Å². The van der Waals surface area contributed by atoms with Crippen LogP contribution in [0.4, 0.5) is 5.69 Å². The molecular formula is C31H39NO3. The van der Waals surface area contributed by atoms with E-state index in [9.17, 15) is 4.79 Å². The number of hydrogen-bond donors (Lipinski definition) is 1. The van der Waals surface area contributed by atoms with Crippen molar-refractivity contribution < 1.29 is 14.3 Å². The predicted octanol–water partition coefficient (Wildman–Crippen LogP) is 7.51.